The van der Waals surface area contributed by atoms with Gasteiger partial charge in [-0.25, -0.2) is 9.18 Å². The lowest BCUT2D eigenvalue weighted by Gasteiger charge is -2.16. The third kappa shape index (κ3) is 7.04. The number of urea groups is 1. The average Bonchev–Trinajstić information content (AvgIpc) is 3.46. The standard InChI is InChI=1S/C21H28FN3O3S/c1-2-19(16-10-17(22)12-18(11-16)28-14-15-6-7-15)24-29-9-5-3-4-8-25-13-20(26)23-21(25)27/h2,10-12,15,19,24H,1,3-9,13-14H2,(H,23,26,27). The number of rotatable bonds is 13. The fourth-order valence-electron chi connectivity index (χ4n) is 3.06. The van der Waals surface area contributed by atoms with Gasteiger partial charge in [0.15, 0.2) is 0 Å². The largest absolute Gasteiger partial charge is 0.493 e. The average molecular weight is 422 g/mol. The van der Waals surface area contributed by atoms with Gasteiger partial charge in [-0.3, -0.25) is 14.8 Å². The van der Waals surface area contributed by atoms with Crippen LogP contribution < -0.4 is 14.8 Å². The SMILES string of the molecule is C=CC(NSCCCCCN1CC(=O)NC1=O)c1cc(F)cc(OCC2CC2)c1. The van der Waals surface area contributed by atoms with Gasteiger partial charge in [0.1, 0.15) is 18.1 Å². The van der Waals surface area contributed by atoms with Crippen molar-refractivity contribution in [2.45, 2.75) is 38.1 Å². The number of amides is 3. The fourth-order valence-corrected chi connectivity index (χ4v) is 3.94. The molecule has 1 heterocycles. The van der Waals surface area contributed by atoms with E-state index in [1.54, 1.807) is 18.0 Å². The molecule has 1 saturated heterocycles. The molecule has 1 aromatic carbocycles. The lowest BCUT2D eigenvalue weighted by Crippen LogP contribution is -2.29. The number of hydrogen-bond acceptors (Lipinski definition) is 5. The molecule has 0 bridgehead atoms. The molecule has 1 unspecified atom stereocenters. The third-order valence-electron chi connectivity index (χ3n) is 4.92. The molecule has 158 valence electrons. The van der Waals surface area contributed by atoms with Crippen LogP contribution in [0.5, 0.6) is 5.75 Å². The van der Waals surface area contributed by atoms with Crippen LogP contribution in [0.1, 0.15) is 43.7 Å². The molecule has 0 aromatic heterocycles. The molecule has 6 nitrogen and oxygen atoms in total. The van der Waals surface area contributed by atoms with Gasteiger partial charge in [-0.15, -0.1) is 6.58 Å². The van der Waals surface area contributed by atoms with Gasteiger partial charge < -0.3 is 9.64 Å². The number of carbonyl (C=O) groups is 2. The van der Waals surface area contributed by atoms with Crippen molar-refractivity contribution in [3.63, 3.8) is 0 Å². The molecule has 3 amide bonds. The van der Waals surface area contributed by atoms with E-state index >= 15 is 0 Å². The molecule has 0 radical (unpaired) electrons. The molecule has 1 aliphatic heterocycles. The zero-order chi connectivity index (χ0) is 20.6. The smallest absolute Gasteiger partial charge is 0.324 e. The molecule has 1 aromatic rings. The summed E-state index contributed by atoms with van der Waals surface area (Å²) in [4.78, 5) is 24.1. The number of unbranched alkanes of at least 4 members (excludes halogenated alkanes) is 2. The minimum absolute atomic E-state index is 0.163. The second-order valence-corrected chi connectivity index (χ2v) is 8.42. The molecule has 3 rings (SSSR count). The van der Waals surface area contributed by atoms with Crippen LogP contribution in [0.2, 0.25) is 0 Å². The summed E-state index contributed by atoms with van der Waals surface area (Å²) in [5.74, 6) is 1.52. The minimum Gasteiger partial charge on any atom is -0.493 e. The second-order valence-electron chi connectivity index (χ2n) is 7.49. The van der Waals surface area contributed by atoms with Crippen LogP contribution in [0, 0.1) is 11.7 Å². The summed E-state index contributed by atoms with van der Waals surface area (Å²) in [6.07, 6.45) is 6.94. The Morgan fingerprint density at radius 1 is 1.31 bits per heavy atom. The van der Waals surface area contributed by atoms with Crippen LogP contribution in [0.25, 0.3) is 0 Å². The monoisotopic (exact) mass is 421 g/mol. The van der Waals surface area contributed by atoms with Gasteiger partial charge in [-0.1, -0.05) is 24.4 Å². The minimum atomic E-state index is -0.309. The number of nitrogens with one attached hydrogen (secondary N) is 2. The predicted octanol–water partition coefficient (Wildman–Crippen LogP) is 3.80. The lowest BCUT2D eigenvalue weighted by atomic mass is 10.1. The first-order valence-electron chi connectivity index (χ1n) is 10.1. The zero-order valence-electron chi connectivity index (χ0n) is 16.5. The van der Waals surface area contributed by atoms with Gasteiger partial charge in [0.2, 0.25) is 5.91 Å². The first-order chi connectivity index (χ1) is 14.0. The topological polar surface area (TPSA) is 70.7 Å². The molecule has 1 atom stereocenters. The highest BCUT2D eigenvalue weighted by Gasteiger charge is 2.25. The highest BCUT2D eigenvalue weighted by molar-refractivity contribution is 7.97. The van der Waals surface area contributed by atoms with Crippen LogP contribution in [-0.2, 0) is 4.79 Å². The van der Waals surface area contributed by atoms with Crippen LogP contribution in [0.15, 0.2) is 30.9 Å². The van der Waals surface area contributed by atoms with E-state index in [4.69, 9.17) is 4.74 Å². The fraction of sp³-hybridized carbons (Fsp3) is 0.524. The first kappa shape index (κ1) is 21.6. The Morgan fingerprint density at radius 2 is 2.14 bits per heavy atom. The van der Waals surface area contributed by atoms with E-state index in [1.165, 1.54) is 29.9 Å². The summed E-state index contributed by atoms with van der Waals surface area (Å²) < 4.78 is 23.0. The maximum atomic E-state index is 14.0. The normalized spacial score (nSPS) is 17.3. The number of carbonyl (C=O) groups excluding carboxylic acids is 2. The molecule has 0 spiro atoms. The van der Waals surface area contributed by atoms with Crippen LogP contribution in [0.3, 0.4) is 0 Å². The maximum absolute atomic E-state index is 14.0. The van der Waals surface area contributed by atoms with Crippen LogP contribution in [-0.4, -0.2) is 42.3 Å². The molecule has 2 N–H and O–H groups in total. The van der Waals surface area contributed by atoms with Gasteiger partial charge in [0.25, 0.3) is 0 Å². The Morgan fingerprint density at radius 3 is 2.83 bits per heavy atom. The van der Waals surface area contributed by atoms with Gasteiger partial charge in [-0.05, 0) is 49.3 Å². The third-order valence-corrected chi connectivity index (χ3v) is 5.84. The van der Waals surface area contributed by atoms with E-state index in [0.29, 0.717) is 24.8 Å². The van der Waals surface area contributed by atoms with E-state index in [-0.39, 0.29) is 30.3 Å². The van der Waals surface area contributed by atoms with E-state index in [1.807, 2.05) is 6.07 Å². The molecule has 2 fully saturated rings. The predicted molar refractivity (Wildman–Crippen MR) is 112 cm³/mol. The Hall–Kier alpha value is -2.06. The van der Waals surface area contributed by atoms with E-state index in [0.717, 1.165) is 30.6 Å². The van der Waals surface area contributed by atoms with E-state index in [2.05, 4.69) is 16.6 Å². The Balaban J connectivity index is 1.35. The van der Waals surface area contributed by atoms with Crippen molar-refractivity contribution in [1.82, 2.24) is 14.9 Å². The highest BCUT2D eigenvalue weighted by atomic mass is 32.2. The first-order valence-corrected chi connectivity index (χ1v) is 11.1. The summed E-state index contributed by atoms with van der Waals surface area (Å²) in [5.41, 5.74) is 0.794. The molecule has 1 saturated carbocycles. The number of imide groups is 1. The Labute approximate surface area is 175 Å². The van der Waals surface area contributed by atoms with Gasteiger partial charge in [-0.2, -0.15) is 0 Å². The maximum Gasteiger partial charge on any atom is 0.324 e. The summed E-state index contributed by atoms with van der Waals surface area (Å²) in [7, 11) is 0. The number of nitrogens with zero attached hydrogens (tertiary/aromatic N) is 1. The summed E-state index contributed by atoms with van der Waals surface area (Å²) in [6.45, 7) is 5.26. The van der Waals surface area contributed by atoms with Crippen LogP contribution in [0.4, 0.5) is 9.18 Å². The zero-order valence-corrected chi connectivity index (χ0v) is 17.3. The van der Waals surface area contributed by atoms with Crippen molar-refractivity contribution in [3.8, 4) is 5.75 Å². The van der Waals surface area contributed by atoms with Crippen molar-refractivity contribution >= 4 is 23.9 Å². The molecule has 2 aliphatic rings. The van der Waals surface area contributed by atoms with E-state index < -0.39 is 0 Å². The van der Waals surface area contributed by atoms with Crippen molar-refractivity contribution in [1.29, 1.82) is 0 Å². The van der Waals surface area contributed by atoms with Crippen molar-refractivity contribution < 1.29 is 18.7 Å². The Bertz CT molecular complexity index is 742. The van der Waals surface area contributed by atoms with Gasteiger partial charge in [0, 0.05) is 18.4 Å². The summed E-state index contributed by atoms with van der Waals surface area (Å²) in [5, 5.41) is 2.28. The number of ether oxygens (including phenoxy) is 1. The van der Waals surface area contributed by atoms with Gasteiger partial charge in [0.05, 0.1) is 12.6 Å². The quantitative estimate of drug-likeness (QED) is 0.219. The Kier molecular flexibility index (Phi) is 7.94. The number of benzene rings is 1. The molecule has 1 aliphatic carbocycles. The number of halogens is 1. The van der Waals surface area contributed by atoms with Crippen molar-refractivity contribution in [3.05, 3.63) is 42.2 Å². The molecule has 8 heteroatoms. The second kappa shape index (κ2) is 10.6. The van der Waals surface area contributed by atoms with Crippen LogP contribution >= 0.6 is 11.9 Å². The number of hydrogen-bond donors (Lipinski definition) is 2. The molecular formula is C21H28FN3O3S. The lowest BCUT2D eigenvalue weighted by molar-refractivity contribution is -0.118. The highest BCUT2D eigenvalue weighted by Crippen LogP contribution is 2.30. The van der Waals surface area contributed by atoms with E-state index in [9.17, 15) is 14.0 Å². The van der Waals surface area contributed by atoms with Gasteiger partial charge >= 0.3 is 6.03 Å². The molecular weight excluding hydrogens is 393 g/mol. The van der Waals surface area contributed by atoms with Crippen molar-refractivity contribution in [2.75, 3.05) is 25.4 Å². The molecule has 29 heavy (non-hydrogen) atoms. The summed E-state index contributed by atoms with van der Waals surface area (Å²) in [6, 6.07) is 4.33. The summed E-state index contributed by atoms with van der Waals surface area (Å²) >= 11 is 1.57. The van der Waals surface area contributed by atoms with Crippen molar-refractivity contribution in [2.24, 2.45) is 5.92 Å².